The van der Waals surface area contributed by atoms with Gasteiger partial charge in [-0.15, -0.1) is 0 Å². The Labute approximate surface area is 85.3 Å². The van der Waals surface area contributed by atoms with Gasteiger partial charge >= 0.3 is 0 Å². The van der Waals surface area contributed by atoms with Crippen LogP contribution in [0.2, 0.25) is 0 Å². The van der Waals surface area contributed by atoms with Gasteiger partial charge in [-0.3, -0.25) is 15.5 Å². The molecule has 0 bridgehead atoms. The standard InChI is InChI=1S/C8H9N5O2/c9-8(10)12-11-5-6-2-1-3-7(4-6)13(14)15/h1-5H,(H4,9,10,12)/b11-5+. The number of nitrogens with two attached hydrogens (primary N) is 1. The Bertz CT molecular complexity index is 415. The Morgan fingerprint density at radius 1 is 1.67 bits per heavy atom. The molecule has 4 N–H and O–H groups in total. The molecule has 0 aliphatic heterocycles. The summed E-state index contributed by atoms with van der Waals surface area (Å²) in [7, 11) is 0. The second-order valence-corrected chi connectivity index (χ2v) is 2.64. The SMILES string of the molecule is N=C(N)N/N=C/c1cccc([N+](=O)[O-])c1. The normalized spacial score (nSPS) is 10.1. The summed E-state index contributed by atoms with van der Waals surface area (Å²) >= 11 is 0. The predicted molar refractivity (Wildman–Crippen MR) is 55.7 cm³/mol. The summed E-state index contributed by atoms with van der Waals surface area (Å²) in [5, 5.41) is 20.8. The topological polar surface area (TPSA) is 117 Å². The van der Waals surface area contributed by atoms with Gasteiger partial charge in [0.15, 0.2) is 0 Å². The highest BCUT2D eigenvalue weighted by Crippen LogP contribution is 2.11. The van der Waals surface area contributed by atoms with Gasteiger partial charge in [0.25, 0.3) is 5.69 Å². The van der Waals surface area contributed by atoms with Crippen molar-refractivity contribution in [3.05, 3.63) is 39.9 Å². The molecule has 0 atom stereocenters. The Kier molecular flexibility index (Phi) is 3.33. The third-order valence-corrected chi connectivity index (χ3v) is 1.48. The first-order chi connectivity index (χ1) is 7.09. The molecule has 0 radical (unpaired) electrons. The number of nitrogens with zero attached hydrogens (tertiary/aromatic N) is 2. The van der Waals surface area contributed by atoms with E-state index in [-0.39, 0.29) is 11.6 Å². The number of non-ortho nitro benzene ring substituents is 1. The fourth-order valence-electron chi connectivity index (χ4n) is 0.895. The van der Waals surface area contributed by atoms with Crippen LogP contribution >= 0.6 is 0 Å². The Balaban J connectivity index is 2.78. The predicted octanol–water partition coefficient (Wildman–Crippen LogP) is 0.412. The van der Waals surface area contributed by atoms with Crippen molar-refractivity contribution < 1.29 is 4.92 Å². The van der Waals surface area contributed by atoms with Gasteiger partial charge in [0.1, 0.15) is 0 Å². The fourth-order valence-corrected chi connectivity index (χ4v) is 0.895. The number of nitro groups is 1. The number of rotatable bonds is 3. The Morgan fingerprint density at radius 2 is 2.40 bits per heavy atom. The zero-order valence-corrected chi connectivity index (χ0v) is 7.68. The van der Waals surface area contributed by atoms with E-state index in [0.717, 1.165) is 0 Å². The van der Waals surface area contributed by atoms with Gasteiger partial charge in [0.2, 0.25) is 5.96 Å². The van der Waals surface area contributed by atoms with Crippen LogP contribution in [-0.4, -0.2) is 17.1 Å². The molecule has 0 aromatic heterocycles. The lowest BCUT2D eigenvalue weighted by atomic mass is 10.2. The van der Waals surface area contributed by atoms with E-state index in [0.29, 0.717) is 5.56 Å². The van der Waals surface area contributed by atoms with Crippen LogP contribution < -0.4 is 11.2 Å². The average Bonchev–Trinajstić information content (AvgIpc) is 2.17. The van der Waals surface area contributed by atoms with Gasteiger partial charge in [-0.2, -0.15) is 5.10 Å². The van der Waals surface area contributed by atoms with Crippen LogP contribution in [0.25, 0.3) is 0 Å². The van der Waals surface area contributed by atoms with Crippen molar-refractivity contribution in [3.63, 3.8) is 0 Å². The van der Waals surface area contributed by atoms with E-state index < -0.39 is 4.92 Å². The van der Waals surface area contributed by atoms with Crippen LogP contribution in [0.4, 0.5) is 5.69 Å². The molecule has 0 unspecified atom stereocenters. The number of guanidine groups is 1. The molecule has 7 heteroatoms. The number of hydrogen-bond acceptors (Lipinski definition) is 4. The van der Waals surface area contributed by atoms with Crippen LogP contribution in [-0.2, 0) is 0 Å². The smallest absolute Gasteiger partial charge is 0.270 e. The molecule has 0 heterocycles. The van der Waals surface area contributed by atoms with Crippen LogP contribution in [0.5, 0.6) is 0 Å². The van der Waals surface area contributed by atoms with Gasteiger partial charge in [0, 0.05) is 17.7 Å². The first-order valence-corrected chi connectivity index (χ1v) is 3.97. The molecular formula is C8H9N5O2. The lowest BCUT2D eigenvalue weighted by Crippen LogP contribution is -2.25. The summed E-state index contributed by atoms with van der Waals surface area (Å²) in [6.45, 7) is 0. The van der Waals surface area contributed by atoms with Crippen molar-refractivity contribution in [2.45, 2.75) is 0 Å². The molecule has 0 fully saturated rings. The molecule has 0 aliphatic carbocycles. The highest BCUT2D eigenvalue weighted by Gasteiger charge is 2.03. The summed E-state index contributed by atoms with van der Waals surface area (Å²) < 4.78 is 0. The van der Waals surface area contributed by atoms with Gasteiger partial charge in [-0.1, -0.05) is 12.1 Å². The molecule has 1 aromatic carbocycles. The summed E-state index contributed by atoms with van der Waals surface area (Å²) in [5.74, 6) is -0.295. The fraction of sp³-hybridized carbons (Fsp3) is 0. The van der Waals surface area contributed by atoms with E-state index in [1.54, 1.807) is 12.1 Å². The number of nitrogens with one attached hydrogen (secondary N) is 2. The van der Waals surface area contributed by atoms with Crippen molar-refractivity contribution in [3.8, 4) is 0 Å². The Hall–Kier alpha value is -2.44. The third kappa shape index (κ3) is 3.43. The highest BCUT2D eigenvalue weighted by molar-refractivity contribution is 5.82. The molecule has 7 nitrogen and oxygen atoms in total. The maximum absolute atomic E-state index is 10.4. The minimum absolute atomic E-state index is 0.0122. The zero-order valence-electron chi connectivity index (χ0n) is 7.68. The van der Waals surface area contributed by atoms with E-state index in [4.69, 9.17) is 11.1 Å². The van der Waals surface area contributed by atoms with Crippen molar-refractivity contribution in [2.75, 3.05) is 0 Å². The highest BCUT2D eigenvalue weighted by atomic mass is 16.6. The average molecular weight is 207 g/mol. The number of hydrogen-bond donors (Lipinski definition) is 3. The molecule has 1 aromatic rings. The molecule has 0 aliphatic rings. The Morgan fingerprint density at radius 3 is 3.00 bits per heavy atom. The molecular weight excluding hydrogens is 198 g/mol. The van der Waals surface area contributed by atoms with Gasteiger partial charge < -0.3 is 5.73 Å². The quantitative estimate of drug-likeness (QED) is 0.288. The first-order valence-electron chi connectivity index (χ1n) is 3.97. The van der Waals surface area contributed by atoms with E-state index in [1.807, 2.05) is 0 Å². The molecule has 0 saturated heterocycles. The second kappa shape index (κ2) is 4.70. The van der Waals surface area contributed by atoms with Crippen LogP contribution in [0.3, 0.4) is 0 Å². The monoisotopic (exact) mass is 207 g/mol. The molecule has 1 rings (SSSR count). The van der Waals surface area contributed by atoms with E-state index in [1.165, 1.54) is 18.3 Å². The number of nitro benzene ring substituents is 1. The summed E-state index contributed by atoms with van der Waals surface area (Å²) in [5.41, 5.74) is 7.73. The van der Waals surface area contributed by atoms with Crippen molar-refractivity contribution in [2.24, 2.45) is 10.8 Å². The molecule has 0 saturated carbocycles. The van der Waals surface area contributed by atoms with Gasteiger partial charge in [-0.05, 0) is 0 Å². The van der Waals surface area contributed by atoms with Gasteiger partial charge in [-0.25, -0.2) is 5.43 Å². The lowest BCUT2D eigenvalue weighted by Gasteiger charge is -1.95. The van der Waals surface area contributed by atoms with Crippen molar-refractivity contribution in [1.82, 2.24) is 5.43 Å². The van der Waals surface area contributed by atoms with E-state index in [2.05, 4.69) is 10.5 Å². The summed E-state index contributed by atoms with van der Waals surface area (Å²) in [6, 6.07) is 5.95. The zero-order chi connectivity index (χ0) is 11.3. The maximum atomic E-state index is 10.4. The minimum Gasteiger partial charge on any atom is -0.369 e. The van der Waals surface area contributed by atoms with Crippen LogP contribution in [0.1, 0.15) is 5.56 Å². The summed E-state index contributed by atoms with van der Waals surface area (Å²) in [4.78, 5) is 9.94. The molecule has 0 spiro atoms. The molecule has 0 amide bonds. The minimum atomic E-state index is -0.490. The van der Waals surface area contributed by atoms with Crippen LogP contribution in [0, 0.1) is 15.5 Å². The summed E-state index contributed by atoms with van der Waals surface area (Å²) in [6.07, 6.45) is 1.34. The number of hydrazone groups is 1. The van der Waals surface area contributed by atoms with E-state index >= 15 is 0 Å². The molecule has 78 valence electrons. The van der Waals surface area contributed by atoms with Crippen molar-refractivity contribution >= 4 is 17.9 Å². The molecule has 15 heavy (non-hydrogen) atoms. The first kappa shape index (κ1) is 10.6. The van der Waals surface area contributed by atoms with Crippen LogP contribution in [0.15, 0.2) is 29.4 Å². The second-order valence-electron chi connectivity index (χ2n) is 2.64. The third-order valence-electron chi connectivity index (χ3n) is 1.48. The van der Waals surface area contributed by atoms with Gasteiger partial charge in [0.05, 0.1) is 11.1 Å². The number of benzene rings is 1. The van der Waals surface area contributed by atoms with Crippen molar-refractivity contribution in [1.29, 1.82) is 5.41 Å². The van der Waals surface area contributed by atoms with E-state index in [9.17, 15) is 10.1 Å². The largest absolute Gasteiger partial charge is 0.369 e. The lowest BCUT2D eigenvalue weighted by molar-refractivity contribution is -0.384. The maximum Gasteiger partial charge on any atom is 0.270 e.